The highest BCUT2D eigenvalue weighted by Gasteiger charge is 2.57. The second kappa shape index (κ2) is 3.55. The van der Waals surface area contributed by atoms with E-state index in [1.165, 1.54) is 12.8 Å². The largest absolute Gasteiger partial charge is 0.388 e. The summed E-state index contributed by atoms with van der Waals surface area (Å²) in [7, 11) is 0. The number of aliphatic hydroxyl groups is 1. The van der Waals surface area contributed by atoms with E-state index in [-0.39, 0.29) is 5.92 Å². The van der Waals surface area contributed by atoms with Gasteiger partial charge in [0.2, 0.25) is 0 Å². The molecule has 2 nitrogen and oxygen atoms in total. The second-order valence-corrected chi connectivity index (χ2v) is 4.96. The first-order valence-electron chi connectivity index (χ1n) is 5.84. The van der Waals surface area contributed by atoms with E-state index in [1.54, 1.807) is 0 Å². The third-order valence-electron chi connectivity index (χ3n) is 4.05. The van der Waals surface area contributed by atoms with Crippen molar-refractivity contribution in [3.63, 3.8) is 0 Å². The Labute approximate surface area is 85.9 Å². The van der Waals surface area contributed by atoms with Gasteiger partial charge >= 0.3 is 0 Å². The van der Waals surface area contributed by atoms with Crippen LogP contribution in [0, 0.1) is 29.1 Å². The maximum absolute atomic E-state index is 10.5. The maximum Gasteiger partial charge on any atom is 0.0836 e. The summed E-state index contributed by atoms with van der Waals surface area (Å²) in [5.41, 5.74) is -0.631. The Bertz CT molecular complexity index is 258. The zero-order chi connectivity index (χ0) is 10.2. The molecule has 0 radical (unpaired) electrons. The van der Waals surface area contributed by atoms with Gasteiger partial charge in [0.15, 0.2) is 0 Å². The molecule has 1 N–H and O–H groups in total. The molecule has 4 atom stereocenters. The molecule has 0 heterocycles. The number of fused-ring (bicyclic) bond motifs is 1. The third kappa shape index (κ3) is 1.44. The molecular formula is C12H19NO. The fourth-order valence-electron chi connectivity index (χ4n) is 3.16. The van der Waals surface area contributed by atoms with Gasteiger partial charge in [-0.1, -0.05) is 19.8 Å². The maximum atomic E-state index is 10.5. The molecule has 2 rings (SSSR count). The Balaban J connectivity index is 2.09. The van der Waals surface area contributed by atoms with Crippen molar-refractivity contribution in [1.29, 1.82) is 5.26 Å². The van der Waals surface area contributed by atoms with Gasteiger partial charge in [-0.15, -0.1) is 0 Å². The van der Waals surface area contributed by atoms with Gasteiger partial charge in [-0.05, 0) is 37.5 Å². The monoisotopic (exact) mass is 193 g/mol. The Morgan fingerprint density at radius 3 is 3.07 bits per heavy atom. The minimum absolute atomic E-state index is 0.122. The van der Waals surface area contributed by atoms with Crippen molar-refractivity contribution in [3.05, 3.63) is 0 Å². The molecular weight excluding hydrogens is 174 g/mol. The van der Waals surface area contributed by atoms with Gasteiger partial charge in [0.05, 0.1) is 17.6 Å². The van der Waals surface area contributed by atoms with Crippen LogP contribution in [-0.4, -0.2) is 10.7 Å². The first-order chi connectivity index (χ1) is 6.72. The SMILES string of the molecule is CCCC(C#N)C1(O)CCCC2CC21. The molecule has 78 valence electrons. The average molecular weight is 193 g/mol. The number of hydrogen-bond acceptors (Lipinski definition) is 2. The summed E-state index contributed by atoms with van der Waals surface area (Å²) >= 11 is 0. The van der Waals surface area contributed by atoms with Gasteiger partial charge in [0.1, 0.15) is 0 Å². The predicted octanol–water partition coefficient (Wildman–Crippen LogP) is 2.48. The molecule has 0 aromatic carbocycles. The Hall–Kier alpha value is -0.550. The molecule has 2 saturated carbocycles. The summed E-state index contributed by atoms with van der Waals surface area (Å²) in [5, 5.41) is 19.7. The summed E-state index contributed by atoms with van der Waals surface area (Å²) in [5.74, 6) is 1.07. The van der Waals surface area contributed by atoms with Crippen molar-refractivity contribution >= 4 is 0 Å². The van der Waals surface area contributed by atoms with Crippen molar-refractivity contribution in [2.45, 2.75) is 51.0 Å². The molecule has 4 unspecified atom stereocenters. The van der Waals surface area contributed by atoms with Crippen molar-refractivity contribution in [1.82, 2.24) is 0 Å². The van der Waals surface area contributed by atoms with Crippen LogP contribution in [0.4, 0.5) is 0 Å². The minimum atomic E-state index is -0.631. The number of nitriles is 1. The van der Waals surface area contributed by atoms with Gasteiger partial charge in [-0.25, -0.2) is 0 Å². The van der Waals surface area contributed by atoms with Gasteiger partial charge in [-0.2, -0.15) is 5.26 Å². The van der Waals surface area contributed by atoms with E-state index in [4.69, 9.17) is 5.26 Å². The molecule has 0 aromatic heterocycles. The highest BCUT2D eigenvalue weighted by molar-refractivity contribution is 5.11. The lowest BCUT2D eigenvalue weighted by Gasteiger charge is -2.36. The van der Waals surface area contributed by atoms with Crippen molar-refractivity contribution in [2.24, 2.45) is 17.8 Å². The normalized spacial score (nSPS) is 42.4. The van der Waals surface area contributed by atoms with Crippen LogP contribution in [0.5, 0.6) is 0 Å². The number of hydrogen-bond donors (Lipinski definition) is 1. The molecule has 2 fully saturated rings. The van der Waals surface area contributed by atoms with Crippen molar-refractivity contribution in [3.8, 4) is 6.07 Å². The van der Waals surface area contributed by atoms with E-state index >= 15 is 0 Å². The van der Waals surface area contributed by atoms with Crippen LogP contribution < -0.4 is 0 Å². The van der Waals surface area contributed by atoms with Gasteiger partial charge in [-0.3, -0.25) is 0 Å². The van der Waals surface area contributed by atoms with Crippen LogP contribution in [0.2, 0.25) is 0 Å². The zero-order valence-corrected chi connectivity index (χ0v) is 8.87. The first-order valence-corrected chi connectivity index (χ1v) is 5.84. The van der Waals surface area contributed by atoms with E-state index in [2.05, 4.69) is 13.0 Å². The number of rotatable bonds is 3. The molecule has 2 aliphatic rings. The molecule has 0 amide bonds. The molecule has 0 aromatic rings. The van der Waals surface area contributed by atoms with Crippen LogP contribution in [0.25, 0.3) is 0 Å². The van der Waals surface area contributed by atoms with Crippen LogP contribution in [0.3, 0.4) is 0 Å². The van der Waals surface area contributed by atoms with Gasteiger partial charge in [0.25, 0.3) is 0 Å². The summed E-state index contributed by atoms with van der Waals surface area (Å²) in [6, 6.07) is 2.32. The van der Waals surface area contributed by atoms with E-state index in [0.717, 1.165) is 31.6 Å². The lowest BCUT2D eigenvalue weighted by atomic mass is 9.74. The zero-order valence-electron chi connectivity index (χ0n) is 8.87. The van der Waals surface area contributed by atoms with Gasteiger partial charge < -0.3 is 5.11 Å². The molecule has 2 heteroatoms. The third-order valence-corrected chi connectivity index (χ3v) is 4.05. The molecule has 14 heavy (non-hydrogen) atoms. The van der Waals surface area contributed by atoms with Crippen LogP contribution >= 0.6 is 0 Å². The second-order valence-electron chi connectivity index (χ2n) is 4.96. The lowest BCUT2D eigenvalue weighted by molar-refractivity contribution is -0.0472. The Morgan fingerprint density at radius 2 is 2.43 bits per heavy atom. The van der Waals surface area contributed by atoms with Crippen molar-refractivity contribution in [2.75, 3.05) is 0 Å². The van der Waals surface area contributed by atoms with E-state index in [9.17, 15) is 5.11 Å². The topological polar surface area (TPSA) is 44.0 Å². The summed E-state index contributed by atoms with van der Waals surface area (Å²) in [4.78, 5) is 0. The minimum Gasteiger partial charge on any atom is -0.388 e. The molecule has 0 bridgehead atoms. The highest BCUT2D eigenvalue weighted by Crippen LogP contribution is 2.57. The number of nitrogens with zero attached hydrogens (tertiary/aromatic N) is 1. The fourth-order valence-corrected chi connectivity index (χ4v) is 3.16. The average Bonchev–Trinajstić information content (AvgIpc) is 2.94. The van der Waals surface area contributed by atoms with Crippen LogP contribution in [0.1, 0.15) is 45.4 Å². The highest BCUT2D eigenvalue weighted by atomic mass is 16.3. The van der Waals surface area contributed by atoms with Gasteiger partial charge in [0, 0.05) is 0 Å². The summed E-state index contributed by atoms with van der Waals surface area (Å²) < 4.78 is 0. The Kier molecular flexibility index (Phi) is 2.53. The fraction of sp³-hybridized carbons (Fsp3) is 0.917. The molecule has 0 aliphatic heterocycles. The van der Waals surface area contributed by atoms with Crippen molar-refractivity contribution < 1.29 is 5.11 Å². The van der Waals surface area contributed by atoms with E-state index < -0.39 is 5.60 Å². The Morgan fingerprint density at radius 1 is 1.64 bits per heavy atom. The van der Waals surface area contributed by atoms with Crippen LogP contribution in [0.15, 0.2) is 0 Å². The summed E-state index contributed by atoms with van der Waals surface area (Å²) in [6.07, 6.45) is 6.26. The van der Waals surface area contributed by atoms with E-state index in [0.29, 0.717) is 5.92 Å². The molecule has 0 spiro atoms. The molecule has 0 saturated heterocycles. The quantitative estimate of drug-likeness (QED) is 0.748. The van der Waals surface area contributed by atoms with E-state index in [1.807, 2.05) is 0 Å². The lowest BCUT2D eigenvalue weighted by Crippen LogP contribution is -2.42. The molecule has 2 aliphatic carbocycles. The summed E-state index contributed by atoms with van der Waals surface area (Å²) in [6.45, 7) is 2.08. The predicted molar refractivity (Wildman–Crippen MR) is 54.4 cm³/mol. The van der Waals surface area contributed by atoms with Crippen LogP contribution in [-0.2, 0) is 0 Å². The smallest absolute Gasteiger partial charge is 0.0836 e. The first kappa shape index (κ1) is 9.98. The standard InChI is InChI=1S/C12H19NO/c1-2-4-10(8-13)12(14)6-3-5-9-7-11(9)12/h9-11,14H,2-7H2,1H3.